The maximum atomic E-state index is 14.5. The Morgan fingerprint density at radius 2 is 0.653 bits per heavy atom. The number of esters is 2. The number of nitrogens with zero attached hydrogens (tertiary/aromatic N) is 4. The van der Waals surface area contributed by atoms with Crippen LogP contribution in [-0.2, 0) is 28.7 Å². The summed E-state index contributed by atoms with van der Waals surface area (Å²) in [5, 5.41) is 0. The summed E-state index contributed by atoms with van der Waals surface area (Å²) in [6, 6.07) is 0.313. The lowest BCUT2D eigenvalue weighted by Crippen LogP contribution is -2.42. The Labute approximate surface area is 755 Å². The van der Waals surface area contributed by atoms with Crippen molar-refractivity contribution in [3.8, 4) is 0 Å². The van der Waals surface area contributed by atoms with Crippen LogP contribution in [0.15, 0.2) is 48.6 Å². The van der Waals surface area contributed by atoms with E-state index in [9.17, 15) is 19.2 Å². The number of likely N-dealkylation sites (tertiary alicyclic amines) is 1. The van der Waals surface area contributed by atoms with Gasteiger partial charge in [0.15, 0.2) is 0 Å². The van der Waals surface area contributed by atoms with Gasteiger partial charge in [-0.2, -0.15) is 0 Å². The van der Waals surface area contributed by atoms with Gasteiger partial charge in [0.1, 0.15) is 0 Å². The summed E-state index contributed by atoms with van der Waals surface area (Å²) in [6.07, 6.45) is 110. The number of carbonyl (C=O) groups is 4. The van der Waals surface area contributed by atoms with E-state index < -0.39 is 0 Å². The minimum absolute atomic E-state index is 0.00113. The summed E-state index contributed by atoms with van der Waals surface area (Å²) in [5.74, 6) is 2.68. The topological polar surface area (TPSA) is 99.7 Å². The Kier molecular flexibility index (Phi) is 87.6. The highest BCUT2D eigenvalue weighted by Gasteiger charge is 2.26. The quantitative estimate of drug-likeness (QED) is 0.0337. The molecule has 10 heteroatoms. The molecule has 0 N–H and O–H groups in total. The average Bonchev–Trinajstić information content (AvgIpc) is 1.37. The normalized spacial score (nSPS) is 14.1. The summed E-state index contributed by atoms with van der Waals surface area (Å²) < 4.78 is 12.0. The van der Waals surface area contributed by atoms with E-state index in [0.717, 1.165) is 161 Å². The van der Waals surface area contributed by atoms with E-state index in [2.05, 4.69) is 131 Å². The molecule has 0 spiro atoms. The lowest BCUT2D eigenvalue weighted by molar-refractivity contribution is -0.146. The van der Waals surface area contributed by atoms with Crippen molar-refractivity contribution in [1.82, 2.24) is 19.6 Å². The van der Waals surface area contributed by atoms with E-state index in [1.54, 1.807) is 0 Å². The molecule has 121 heavy (non-hydrogen) atoms. The third-order valence-corrected chi connectivity index (χ3v) is 26.6. The van der Waals surface area contributed by atoms with Crippen LogP contribution in [0.5, 0.6) is 0 Å². The third-order valence-electron chi connectivity index (χ3n) is 26.6. The van der Waals surface area contributed by atoms with Gasteiger partial charge in [-0.25, -0.2) is 0 Å². The number of amides is 2. The van der Waals surface area contributed by atoms with Crippen LogP contribution >= 0.6 is 0 Å². The van der Waals surface area contributed by atoms with Gasteiger partial charge in [-0.15, -0.1) is 0 Å². The zero-order chi connectivity index (χ0) is 87.7. The number of unbranched alkanes of at least 4 members (excludes halogenated alkanes) is 45. The van der Waals surface area contributed by atoms with E-state index in [1.807, 2.05) is 0 Å². The lowest BCUT2D eigenvalue weighted by Gasteiger charge is -2.33. The molecule has 0 aliphatic carbocycles. The zero-order valence-corrected chi connectivity index (χ0v) is 82.8. The summed E-state index contributed by atoms with van der Waals surface area (Å²) in [5.41, 5.74) is 0. The molecule has 1 rings (SSSR count). The van der Waals surface area contributed by atoms with Gasteiger partial charge in [0.25, 0.3) is 0 Å². The minimum Gasteiger partial charge on any atom is -0.465 e. The van der Waals surface area contributed by atoms with E-state index in [-0.39, 0.29) is 17.9 Å². The fraction of sp³-hybridized carbons (Fsp3) is 0.892. The van der Waals surface area contributed by atoms with Crippen LogP contribution in [0.3, 0.4) is 0 Å². The number of carbonyl (C=O) groups excluding carboxylic acids is 4. The number of rotatable bonds is 95. The van der Waals surface area contributed by atoms with Crippen molar-refractivity contribution in [1.29, 1.82) is 0 Å². The van der Waals surface area contributed by atoms with E-state index in [0.29, 0.717) is 68.1 Å². The number of hydrogen-bond acceptors (Lipinski definition) is 8. The molecular weight excluding hydrogens is 1490 g/mol. The molecular formula is C111H210N4O6. The van der Waals surface area contributed by atoms with Gasteiger partial charge in [-0.1, -0.05) is 399 Å². The molecule has 5 atom stereocenters. The monoisotopic (exact) mass is 1700 g/mol. The molecule has 1 fully saturated rings. The number of hydrogen-bond donors (Lipinski definition) is 0. The summed E-state index contributed by atoms with van der Waals surface area (Å²) in [4.78, 5) is 64.5. The molecule has 1 heterocycles. The molecule has 10 nitrogen and oxygen atoms in total. The second-order valence-electron chi connectivity index (χ2n) is 38.6. The predicted octanol–water partition coefficient (Wildman–Crippen LogP) is 33.5. The zero-order valence-electron chi connectivity index (χ0n) is 82.8. The molecule has 0 aromatic heterocycles. The summed E-state index contributed by atoms with van der Waals surface area (Å²) >= 11 is 0. The van der Waals surface area contributed by atoms with Crippen molar-refractivity contribution < 1.29 is 28.7 Å². The molecule has 1 aliphatic rings. The SMILES string of the molecule is CCCCC/C=C\C/C=C\CCCCCCCCC(CCCCCCCC/C=C\C/C=C\C(CCCC)CCCCC(CCCCCC)COC(=O)CCCCCCCCC(CCCCCCCCC(=O)OCC(CCCC)CCCCCC)N(CCCN1CCCC1)C(=O)CCCCCCCC)C(=O)N(CCCCCCCCC)CCCN(C)C. The molecule has 5 unspecified atom stereocenters. The average molecular weight is 1700 g/mol. The largest absolute Gasteiger partial charge is 0.465 e. The molecule has 1 aliphatic heterocycles. The Balaban J connectivity index is 2.70. The predicted molar refractivity (Wildman–Crippen MR) is 530 cm³/mol. The van der Waals surface area contributed by atoms with Crippen molar-refractivity contribution in [2.75, 3.05) is 73.1 Å². The molecule has 710 valence electrons. The third kappa shape index (κ3) is 76.5. The van der Waals surface area contributed by atoms with E-state index in [4.69, 9.17) is 9.47 Å². The molecule has 0 saturated carbocycles. The van der Waals surface area contributed by atoms with Gasteiger partial charge >= 0.3 is 11.9 Å². The first kappa shape index (κ1) is 116. The van der Waals surface area contributed by atoms with Crippen LogP contribution in [0.4, 0.5) is 0 Å². The standard InChI is InChI=1S/C111H210N4O6/c1-10-17-24-29-32-33-34-35-36-37-38-41-44-47-55-66-87-106(111(119)114(99-78-94-112(8)9)98-75-62-53-30-25-18-11-2)88-67-56-48-45-42-39-40-43-46-54-65-82-103(80-22-15-6)83-73-74-86-105(85-64-28-21-14-5)102-121-110(118)93-72-61-52-50-58-69-90-107(115(100-79-97-113-95-76-77-96-113)108(116)91-70-59-31-26-19-12-3)89-68-57-49-51-60-71-92-109(117)120-101-104(81-23-16-7)84-63-27-20-13-4/h32-33,35-36,43,46,65,82,103-107H,10-31,34,37-42,44-45,47-64,66-81,83-102H2,1-9H3/b33-32-,36-35-,46-43-,82-65-. The first-order valence-electron chi connectivity index (χ1n) is 54.3. The Morgan fingerprint density at radius 1 is 0.314 bits per heavy atom. The highest BCUT2D eigenvalue weighted by atomic mass is 16.5. The fourth-order valence-corrected chi connectivity index (χ4v) is 18.5. The summed E-state index contributed by atoms with van der Waals surface area (Å²) in [6.45, 7) is 24.5. The molecule has 0 aromatic carbocycles. The first-order valence-corrected chi connectivity index (χ1v) is 54.3. The van der Waals surface area contributed by atoms with Gasteiger partial charge < -0.3 is 29.1 Å². The number of ether oxygens (including phenoxy) is 2. The van der Waals surface area contributed by atoms with Gasteiger partial charge in [0, 0.05) is 50.9 Å². The van der Waals surface area contributed by atoms with Gasteiger partial charge in [-0.3, -0.25) is 19.2 Å². The van der Waals surface area contributed by atoms with Gasteiger partial charge in [-0.05, 0) is 225 Å². The van der Waals surface area contributed by atoms with Crippen LogP contribution in [0, 0.1) is 23.7 Å². The van der Waals surface area contributed by atoms with Gasteiger partial charge in [0.05, 0.1) is 13.2 Å². The molecule has 2 amide bonds. The smallest absolute Gasteiger partial charge is 0.305 e. The van der Waals surface area contributed by atoms with Gasteiger partial charge in [0.2, 0.25) is 11.8 Å². The van der Waals surface area contributed by atoms with Crippen LogP contribution < -0.4 is 0 Å². The molecule has 0 bridgehead atoms. The van der Waals surface area contributed by atoms with Crippen molar-refractivity contribution >= 4 is 23.8 Å². The van der Waals surface area contributed by atoms with Crippen molar-refractivity contribution in [2.45, 2.75) is 542 Å². The molecule has 1 saturated heterocycles. The second kappa shape index (κ2) is 91.5. The maximum absolute atomic E-state index is 14.5. The van der Waals surface area contributed by atoms with E-state index >= 15 is 0 Å². The Hall–Kier alpha value is -3.24. The first-order chi connectivity index (χ1) is 59.5. The highest BCUT2D eigenvalue weighted by Crippen LogP contribution is 2.29. The second-order valence-corrected chi connectivity index (χ2v) is 38.6. The minimum atomic E-state index is -0.00304. The van der Waals surface area contributed by atoms with Crippen molar-refractivity contribution in [3.63, 3.8) is 0 Å². The fourth-order valence-electron chi connectivity index (χ4n) is 18.5. The maximum Gasteiger partial charge on any atom is 0.305 e. The van der Waals surface area contributed by atoms with Crippen molar-refractivity contribution in [2.24, 2.45) is 23.7 Å². The Bertz CT molecular complexity index is 2330. The Morgan fingerprint density at radius 3 is 1.12 bits per heavy atom. The van der Waals surface area contributed by atoms with Crippen LogP contribution in [0.25, 0.3) is 0 Å². The molecule has 0 radical (unpaired) electrons. The number of allylic oxidation sites excluding steroid dienone is 8. The highest BCUT2D eigenvalue weighted by molar-refractivity contribution is 5.79. The lowest BCUT2D eigenvalue weighted by atomic mass is 9.91. The van der Waals surface area contributed by atoms with E-state index in [1.165, 1.54) is 353 Å². The molecule has 0 aromatic rings. The van der Waals surface area contributed by atoms with Crippen LogP contribution in [0.2, 0.25) is 0 Å². The van der Waals surface area contributed by atoms with Crippen LogP contribution in [-0.4, -0.2) is 123 Å². The van der Waals surface area contributed by atoms with Crippen molar-refractivity contribution in [3.05, 3.63) is 48.6 Å². The summed E-state index contributed by atoms with van der Waals surface area (Å²) in [7, 11) is 4.33. The van der Waals surface area contributed by atoms with Crippen LogP contribution in [0.1, 0.15) is 536 Å².